The molecule has 146 valence electrons. The summed E-state index contributed by atoms with van der Waals surface area (Å²) in [6.45, 7) is 0. The first-order chi connectivity index (χ1) is 12.2. The van der Waals surface area contributed by atoms with Crippen LogP contribution in [0.5, 0.6) is 0 Å². The number of carboxylic acid groups (broad SMARTS) is 1. The Morgan fingerprint density at radius 1 is 0.769 bits per heavy atom. The van der Waals surface area contributed by atoms with Gasteiger partial charge in [0, 0.05) is 0 Å². The third kappa shape index (κ3) is 3.05. The second kappa shape index (κ2) is 7.49. The van der Waals surface area contributed by atoms with E-state index in [1.165, 1.54) is 64.2 Å². The summed E-state index contributed by atoms with van der Waals surface area (Å²) in [6, 6.07) is 0. The van der Waals surface area contributed by atoms with Crippen LogP contribution in [-0.4, -0.2) is 11.1 Å². The lowest BCUT2D eigenvalue weighted by molar-refractivity contribution is -0.142. The SMILES string of the molecule is Cl.O=C(O)C1CCC2CCC3C(=C2C1)CCC1C2CCCCC2CCC31. The minimum Gasteiger partial charge on any atom is -0.481 e. The first kappa shape index (κ1) is 18.8. The Labute approximate surface area is 164 Å². The minimum atomic E-state index is -0.551. The molecule has 3 heteroatoms. The van der Waals surface area contributed by atoms with Gasteiger partial charge in [-0.2, -0.15) is 0 Å². The van der Waals surface area contributed by atoms with Gasteiger partial charge >= 0.3 is 5.97 Å². The standard InChI is InChI=1S/C23H34O2.ClH/c24-23(25)16-6-5-15-8-10-20-19-9-7-14-3-1-2-4-17(14)18(19)11-12-21(20)22(15)13-16;/h14-20H,1-13H2,(H,24,25);1H. The summed E-state index contributed by atoms with van der Waals surface area (Å²) in [5, 5.41) is 9.52. The second-order valence-electron chi connectivity index (χ2n) is 9.90. The topological polar surface area (TPSA) is 37.3 Å². The van der Waals surface area contributed by atoms with Crippen LogP contribution in [0, 0.1) is 41.4 Å². The van der Waals surface area contributed by atoms with E-state index in [1.807, 2.05) is 0 Å². The summed E-state index contributed by atoms with van der Waals surface area (Å²) >= 11 is 0. The van der Waals surface area contributed by atoms with Crippen molar-refractivity contribution in [3.63, 3.8) is 0 Å². The van der Waals surface area contributed by atoms with Crippen LogP contribution in [0.2, 0.25) is 0 Å². The van der Waals surface area contributed by atoms with Crippen LogP contribution in [0.15, 0.2) is 11.1 Å². The number of carboxylic acids is 1. The number of hydrogen-bond donors (Lipinski definition) is 1. The number of carbonyl (C=O) groups is 1. The Balaban J connectivity index is 0.00000168. The number of hydrogen-bond acceptors (Lipinski definition) is 1. The molecular weight excluding hydrogens is 344 g/mol. The molecule has 7 unspecified atom stereocenters. The van der Waals surface area contributed by atoms with Crippen molar-refractivity contribution in [1.29, 1.82) is 0 Å². The summed E-state index contributed by atoms with van der Waals surface area (Å²) in [7, 11) is 0. The predicted octanol–water partition coefficient (Wildman–Crippen LogP) is 6.24. The van der Waals surface area contributed by atoms with Crippen LogP contribution in [0.25, 0.3) is 0 Å². The molecule has 4 fully saturated rings. The summed E-state index contributed by atoms with van der Waals surface area (Å²) < 4.78 is 0. The van der Waals surface area contributed by atoms with Crippen molar-refractivity contribution in [2.75, 3.05) is 0 Å². The van der Waals surface area contributed by atoms with Gasteiger partial charge in [-0.25, -0.2) is 0 Å². The highest BCUT2D eigenvalue weighted by Crippen LogP contribution is 2.58. The van der Waals surface area contributed by atoms with Gasteiger partial charge in [0.2, 0.25) is 0 Å². The number of aliphatic carboxylic acids is 1. The largest absolute Gasteiger partial charge is 0.481 e. The van der Waals surface area contributed by atoms with Gasteiger partial charge in [0.15, 0.2) is 0 Å². The lowest BCUT2D eigenvalue weighted by atomic mass is 9.51. The molecule has 0 saturated heterocycles. The predicted molar refractivity (Wildman–Crippen MR) is 106 cm³/mol. The quantitative estimate of drug-likeness (QED) is 0.548. The highest BCUT2D eigenvalue weighted by molar-refractivity contribution is 5.85. The van der Waals surface area contributed by atoms with Crippen molar-refractivity contribution < 1.29 is 9.90 Å². The fourth-order valence-corrected chi connectivity index (χ4v) is 7.99. The molecule has 0 aromatic carbocycles. The van der Waals surface area contributed by atoms with Crippen molar-refractivity contribution >= 4 is 18.4 Å². The molecule has 7 atom stereocenters. The maximum absolute atomic E-state index is 11.6. The third-order valence-corrected chi connectivity index (χ3v) is 9.06. The Bertz CT molecular complexity index is 583. The van der Waals surface area contributed by atoms with Gasteiger partial charge in [0.1, 0.15) is 0 Å². The van der Waals surface area contributed by atoms with Crippen LogP contribution in [0.1, 0.15) is 83.5 Å². The minimum absolute atomic E-state index is 0. The molecular formula is C23H35ClO2. The number of rotatable bonds is 1. The average molecular weight is 379 g/mol. The highest BCUT2D eigenvalue weighted by atomic mass is 35.5. The van der Waals surface area contributed by atoms with E-state index in [0.717, 1.165) is 54.8 Å². The molecule has 5 aliphatic carbocycles. The van der Waals surface area contributed by atoms with E-state index < -0.39 is 5.97 Å². The summed E-state index contributed by atoms with van der Waals surface area (Å²) in [6.07, 6.45) is 17.4. The van der Waals surface area contributed by atoms with E-state index in [2.05, 4.69) is 0 Å². The first-order valence-electron chi connectivity index (χ1n) is 11.2. The molecule has 0 amide bonds. The average Bonchev–Trinajstić information content (AvgIpc) is 2.66. The summed E-state index contributed by atoms with van der Waals surface area (Å²) in [4.78, 5) is 11.6. The fraction of sp³-hybridized carbons (Fsp3) is 0.870. The molecule has 0 spiro atoms. The van der Waals surface area contributed by atoms with E-state index >= 15 is 0 Å². The third-order valence-electron chi connectivity index (χ3n) is 9.06. The van der Waals surface area contributed by atoms with Crippen molar-refractivity contribution in [3.05, 3.63) is 11.1 Å². The van der Waals surface area contributed by atoms with E-state index in [1.54, 1.807) is 11.1 Å². The van der Waals surface area contributed by atoms with Gasteiger partial charge in [0.25, 0.3) is 0 Å². The number of fused-ring (bicyclic) bond motifs is 6. The van der Waals surface area contributed by atoms with Crippen molar-refractivity contribution in [3.8, 4) is 0 Å². The van der Waals surface area contributed by atoms with Crippen LogP contribution >= 0.6 is 12.4 Å². The molecule has 5 aliphatic rings. The highest BCUT2D eigenvalue weighted by Gasteiger charge is 2.48. The van der Waals surface area contributed by atoms with Gasteiger partial charge in [-0.1, -0.05) is 30.4 Å². The number of allylic oxidation sites excluding steroid dienone is 2. The number of halogens is 1. The van der Waals surface area contributed by atoms with Gasteiger partial charge < -0.3 is 5.11 Å². The lowest BCUT2D eigenvalue weighted by Crippen LogP contribution is -2.44. The van der Waals surface area contributed by atoms with Crippen molar-refractivity contribution in [2.24, 2.45) is 41.4 Å². The molecule has 2 nitrogen and oxygen atoms in total. The van der Waals surface area contributed by atoms with E-state index in [0.29, 0.717) is 0 Å². The first-order valence-corrected chi connectivity index (χ1v) is 11.2. The maximum Gasteiger partial charge on any atom is 0.306 e. The van der Waals surface area contributed by atoms with E-state index in [-0.39, 0.29) is 18.3 Å². The zero-order valence-electron chi connectivity index (χ0n) is 16.0. The summed E-state index contributed by atoms with van der Waals surface area (Å²) in [5.74, 6) is 4.96. The van der Waals surface area contributed by atoms with Gasteiger partial charge in [-0.05, 0) is 99.7 Å². The normalized spacial score (nSPS) is 44.7. The molecule has 26 heavy (non-hydrogen) atoms. The molecule has 0 bridgehead atoms. The van der Waals surface area contributed by atoms with E-state index in [9.17, 15) is 9.90 Å². The van der Waals surface area contributed by atoms with Crippen LogP contribution < -0.4 is 0 Å². The zero-order chi connectivity index (χ0) is 17.0. The molecule has 0 aliphatic heterocycles. The smallest absolute Gasteiger partial charge is 0.306 e. The van der Waals surface area contributed by atoms with Gasteiger partial charge in [-0.3, -0.25) is 4.79 Å². The van der Waals surface area contributed by atoms with Crippen molar-refractivity contribution in [1.82, 2.24) is 0 Å². The maximum atomic E-state index is 11.6. The Morgan fingerprint density at radius 3 is 2.42 bits per heavy atom. The monoisotopic (exact) mass is 378 g/mol. The van der Waals surface area contributed by atoms with Gasteiger partial charge in [-0.15, -0.1) is 12.4 Å². The molecule has 0 aromatic heterocycles. The Hall–Kier alpha value is -0.500. The zero-order valence-corrected chi connectivity index (χ0v) is 16.8. The lowest BCUT2D eigenvalue weighted by Gasteiger charge is -2.54. The summed E-state index contributed by atoms with van der Waals surface area (Å²) in [5.41, 5.74) is 3.41. The molecule has 5 rings (SSSR count). The molecule has 1 N–H and O–H groups in total. The van der Waals surface area contributed by atoms with Crippen LogP contribution in [-0.2, 0) is 4.79 Å². The van der Waals surface area contributed by atoms with E-state index in [4.69, 9.17) is 0 Å². The molecule has 0 heterocycles. The Kier molecular flexibility index (Phi) is 5.43. The fourth-order valence-electron chi connectivity index (χ4n) is 7.99. The van der Waals surface area contributed by atoms with Crippen molar-refractivity contribution in [2.45, 2.75) is 83.5 Å². The molecule has 0 aromatic rings. The van der Waals surface area contributed by atoms with Gasteiger partial charge in [0.05, 0.1) is 5.92 Å². The molecule has 0 radical (unpaired) electrons. The van der Waals surface area contributed by atoms with Crippen LogP contribution in [0.3, 0.4) is 0 Å². The molecule has 4 saturated carbocycles. The second-order valence-corrected chi connectivity index (χ2v) is 9.90. The Morgan fingerprint density at radius 2 is 1.58 bits per heavy atom. The van der Waals surface area contributed by atoms with Crippen LogP contribution in [0.4, 0.5) is 0 Å².